The minimum atomic E-state index is -0.611. The highest BCUT2D eigenvalue weighted by atomic mass is 16.6. The van der Waals surface area contributed by atoms with Gasteiger partial charge >= 0.3 is 12.2 Å². The van der Waals surface area contributed by atoms with Crippen molar-refractivity contribution < 1.29 is 19.1 Å². The maximum Gasteiger partial charge on any atom is 0.417 e. The number of hydrogen-bond acceptors (Lipinski definition) is 4. The van der Waals surface area contributed by atoms with Crippen LogP contribution in [-0.2, 0) is 21.7 Å². The van der Waals surface area contributed by atoms with Crippen LogP contribution < -0.4 is 20.1 Å². The van der Waals surface area contributed by atoms with Crippen LogP contribution in [0.1, 0.15) is 111 Å². The van der Waals surface area contributed by atoms with Crippen LogP contribution in [0.25, 0.3) is 0 Å². The first-order valence-corrected chi connectivity index (χ1v) is 14.9. The van der Waals surface area contributed by atoms with E-state index in [4.69, 9.17) is 9.47 Å². The second-order valence-electron chi connectivity index (χ2n) is 15.5. The van der Waals surface area contributed by atoms with Crippen molar-refractivity contribution in [2.75, 3.05) is 10.6 Å². The zero-order valence-electron chi connectivity index (χ0n) is 28.3. The van der Waals surface area contributed by atoms with E-state index in [2.05, 4.69) is 106 Å². The van der Waals surface area contributed by atoms with E-state index in [1.807, 2.05) is 37.3 Å². The molecule has 0 atom stereocenters. The largest absolute Gasteiger partial charge is 0.417 e. The zero-order valence-corrected chi connectivity index (χ0v) is 28.3. The Morgan fingerprint density at radius 1 is 0.535 bits per heavy atom. The lowest BCUT2D eigenvalue weighted by Gasteiger charge is -2.27. The average Bonchev–Trinajstić information content (AvgIpc) is 2.83. The molecule has 2 amide bonds. The van der Waals surface area contributed by atoms with Gasteiger partial charge in [0.15, 0.2) is 0 Å². The molecule has 6 heteroatoms. The molecule has 0 aliphatic carbocycles. The quantitative estimate of drug-likeness (QED) is 0.319. The molecule has 3 rings (SSSR count). The minimum absolute atomic E-state index is 0.0303. The predicted molar refractivity (Wildman–Crippen MR) is 178 cm³/mol. The van der Waals surface area contributed by atoms with Crippen LogP contribution in [-0.4, -0.2) is 12.2 Å². The first kappa shape index (κ1) is 33.7. The molecule has 0 aliphatic rings. The standard InChI is InChI=1S/C37H50N2O4/c1-23-14-17-26(38-32(40)42-30-18-15-24(34(2,3)4)20-27(30)36(8,9)10)22-29(23)39-33(41)43-31-19-16-25(35(5,6)7)21-28(31)37(11,12)13/h14-22H,1-13H3,(H,38,40)(H,39,41). The molecule has 0 aromatic heterocycles. The van der Waals surface area contributed by atoms with Crippen LogP contribution in [0.4, 0.5) is 21.0 Å². The second kappa shape index (κ2) is 12.1. The maximum absolute atomic E-state index is 13.1. The van der Waals surface area contributed by atoms with Gasteiger partial charge in [-0.2, -0.15) is 0 Å². The molecular weight excluding hydrogens is 536 g/mol. The Morgan fingerprint density at radius 3 is 1.35 bits per heavy atom. The lowest BCUT2D eigenvalue weighted by atomic mass is 9.80. The Kier molecular flexibility index (Phi) is 9.45. The lowest BCUT2D eigenvalue weighted by molar-refractivity contribution is 0.213. The SMILES string of the molecule is Cc1ccc(NC(=O)Oc2ccc(C(C)(C)C)cc2C(C)(C)C)cc1NC(=O)Oc1ccc(C(C)(C)C)cc1C(C)(C)C. The molecule has 43 heavy (non-hydrogen) atoms. The van der Waals surface area contributed by atoms with Crippen molar-refractivity contribution in [3.05, 3.63) is 82.4 Å². The highest BCUT2D eigenvalue weighted by Gasteiger charge is 2.26. The summed E-state index contributed by atoms with van der Waals surface area (Å²) in [5.41, 5.74) is 5.57. The minimum Gasteiger partial charge on any atom is -0.410 e. The van der Waals surface area contributed by atoms with Gasteiger partial charge < -0.3 is 9.47 Å². The van der Waals surface area contributed by atoms with Gasteiger partial charge in [0.2, 0.25) is 0 Å². The molecule has 3 aromatic rings. The van der Waals surface area contributed by atoms with Gasteiger partial charge in [0.1, 0.15) is 11.5 Å². The number of ether oxygens (including phenoxy) is 2. The van der Waals surface area contributed by atoms with Crippen LogP contribution in [0.15, 0.2) is 54.6 Å². The Bertz CT molecular complexity index is 1490. The molecule has 0 saturated carbocycles. The van der Waals surface area contributed by atoms with Gasteiger partial charge in [-0.25, -0.2) is 9.59 Å². The van der Waals surface area contributed by atoms with Gasteiger partial charge in [-0.15, -0.1) is 0 Å². The molecule has 0 bridgehead atoms. The molecule has 0 saturated heterocycles. The number of nitrogens with one attached hydrogen (secondary N) is 2. The fraction of sp³-hybridized carbons (Fsp3) is 0.459. The van der Waals surface area contributed by atoms with Crippen molar-refractivity contribution in [3.63, 3.8) is 0 Å². The van der Waals surface area contributed by atoms with Crippen molar-refractivity contribution in [1.29, 1.82) is 0 Å². The molecule has 2 N–H and O–H groups in total. The van der Waals surface area contributed by atoms with E-state index >= 15 is 0 Å². The van der Waals surface area contributed by atoms with Gasteiger partial charge in [-0.05, 0) is 69.5 Å². The van der Waals surface area contributed by atoms with Gasteiger partial charge in [0.05, 0.1) is 0 Å². The van der Waals surface area contributed by atoms with E-state index in [9.17, 15) is 9.59 Å². The maximum atomic E-state index is 13.1. The van der Waals surface area contributed by atoms with Crippen molar-refractivity contribution in [2.24, 2.45) is 0 Å². The number of aryl methyl sites for hydroxylation is 1. The Hall–Kier alpha value is -3.80. The Labute approximate surface area is 258 Å². The number of rotatable bonds is 4. The summed E-state index contributed by atoms with van der Waals surface area (Å²) in [5.74, 6) is 1.03. The molecule has 0 unspecified atom stereocenters. The van der Waals surface area contributed by atoms with Crippen molar-refractivity contribution in [1.82, 2.24) is 0 Å². The summed E-state index contributed by atoms with van der Waals surface area (Å²) in [4.78, 5) is 26.0. The fourth-order valence-corrected chi connectivity index (χ4v) is 4.66. The Morgan fingerprint density at radius 2 is 0.953 bits per heavy atom. The van der Waals surface area contributed by atoms with Crippen LogP contribution in [0.3, 0.4) is 0 Å². The molecule has 3 aromatic carbocycles. The lowest BCUT2D eigenvalue weighted by Crippen LogP contribution is -2.23. The van der Waals surface area contributed by atoms with E-state index < -0.39 is 12.2 Å². The molecule has 0 fully saturated rings. The highest BCUT2D eigenvalue weighted by molar-refractivity contribution is 5.91. The molecule has 6 nitrogen and oxygen atoms in total. The van der Waals surface area contributed by atoms with Crippen molar-refractivity contribution in [3.8, 4) is 11.5 Å². The number of hydrogen-bond donors (Lipinski definition) is 2. The fourth-order valence-electron chi connectivity index (χ4n) is 4.66. The summed E-state index contributed by atoms with van der Waals surface area (Å²) in [7, 11) is 0. The van der Waals surface area contributed by atoms with E-state index in [0.717, 1.165) is 16.7 Å². The molecule has 0 radical (unpaired) electrons. The number of amides is 2. The Balaban J connectivity index is 1.78. The van der Waals surface area contributed by atoms with E-state index in [0.29, 0.717) is 22.9 Å². The van der Waals surface area contributed by atoms with Gasteiger partial charge in [-0.3, -0.25) is 10.6 Å². The highest BCUT2D eigenvalue weighted by Crippen LogP contribution is 2.37. The average molecular weight is 587 g/mol. The number of carbonyl (C=O) groups excluding carboxylic acids is 2. The third-order valence-corrected chi connectivity index (χ3v) is 7.43. The smallest absolute Gasteiger partial charge is 0.410 e. The predicted octanol–water partition coefficient (Wildman–Crippen LogP) is 10.4. The second-order valence-corrected chi connectivity index (χ2v) is 15.5. The third kappa shape index (κ3) is 8.85. The van der Waals surface area contributed by atoms with E-state index in [-0.39, 0.29) is 21.7 Å². The summed E-state index contributed by atoms with van der Waals surface area (Å²) in [5, 5.41) is 5.64. The normalized spacial score (nSPS) is 12.5. The number of carbonyl (C=O) groups is 2. The summed E-state index contributed by atoms with van der Waals surface area (Å²) < 4.78 is 11.6. The third-order valence-electron chi connectivity index (χ3n) is 7.43. The molecule has 0 heterocycles. The van der Waals surface area contributed by atoms with Crippen LogP contribution in [0, 0.1) is 6.92 Å². The first-order chi connectivity index (χ1) is 19.6. The van der Waals surface area contributed by atoms with E-state index in [1.165, 1.54) is 11.1 Å². The summed E-state index contributed by atoms with van der Waals surface area (Å²) in [6, 6.07) is 17.2. The van der Waals surface area contributed by atoms with Gasteiger partial charge in [0, 0.05) is 22.5 Å². The first-order valence-electron chi connectivity index (χ1n) is 14.9. The molecular formula is C37H50N2O4. The number of anilines is 2. The summed E-state index contributed by atoms with van der Waals surface area (Å²) >= 11 is 0. The van der Waals surface area contributed by atoms with Gasteiger partial charge in [0.25, 0.3) is 0 Å². The van der Waals surface area contributed by atoms with Crippen LogP contribution in [0.2, 0.25) is 0 Å². The zero-order chi connectivity index (χ0) is 32.5. The van der Waals surface area contributed by atoms with Gasteiger partial charge in [-0.1, -0.05) is 113 Å². The van der Waals surface area contributed by atoms with Crippen LogP contribution >= 0.6 is 0 Å². The van der Waals surface area contributed by atoms with E-state index in [1.54, 1.807) is 12.1 Å². The van der Waals surface area contributed by atoms with Crippen LogP contribution in [0.5, 0.6) is 11.5 Å². The molecule has 0 aliphatic heterocycles. The van der Waals surface area contributed by atoms with Crippen molar-refractivity contribution >= 4 is 23.6 Å². The molecule has 232 valence electrons. The number of benzene rings is 3. The molecule has 0 spiro atoms. The topological polar surface area (TPSA) is 76.7 Å². The summed E-state index contributed by atoms with van der Waals surface area (Å²) in [6.45, 7) is 27.4. The summed E-state index contributed by atoms with van der Waals surface area (Å²) in [6.07, 6.45) is -1.22. The monoisotopic (exact) mass is 586 g/mol. The van der Waals surface area contributed by atoms with Crippen molar-refractivity contribution in [2.45, 2.75) is 112 Å².